The molecular weight excluding hydrogens is 260 g/mol. The summed E-state index contributed by atoms with van der Waals surface area (Å²) in [5.41, 5.74) is 1.38. The summed E-state index contributed by atoms with van der Waals surface area (Å²) in [5, 5.41) is 3.71. The Kier molecular flexibility index (Phi) is 8.40. The molecule has 0 fully saturated rings. The van der Waals surface area contributed by atoms with Crippen LogP contribution in [0.15, 0.2) is 24.3 Å². The fraction of sp³-hybridized carbons (Fsp3) is 0.667. The lowest BCUT2D eigenvalue weighted by Gasteiger charge is -2.26. The zero-order chi connectivity index (χ0) is 15.7. The van der Waals surface area contributed by atoms with Crippen LogP contribution >= 0.6 is 0 Å². The Hall–Kier alpha value is -1.06. The molecule has 21 heavy (non-hydrogen) atoms. The summed E-state index contributed by atoms with van der Waals surface area (Å²) < 4.78 is 5.19. The topological polar surface area (TPSA) is 24.5 Å². The number of nitrogens with zero attached hydrogens (tertiary/aromatic N) is 1. The monoisotopic (exact) mass is 292 g/mol. The van der Waals surface area contributed by atoms with Crippen LogP contribution in [-0.4, -0.2) is 43.7 Å². The normalized spacial score (nSPS) is 14.2. The van der Waals surface area contributed by atoms with E-state index in [0.29, 0.717) is 12.1 Å². The Morgan fingerprint density at radius 2 is 1.67 bits per heavy atom. The predicted molar refractivity (Wildman–Crippen MR) is 91.2 cm³/mol. The third-order valence-electron chi connectivity index (χ3n) is 4.02. The maximum atomic E-state index is 5.19. The maximum Gasteiger partial charge on any atom is 0.118 e. The summed E-state index contributed by atoms with van der Waals surface area (Å²) in [4.78, 5) is 2.47. The number of hydrogen-bond donors (Lipinski definition) is 1. The number of nitrogens with one attached hydrogen (secondary N) is 1. The molecule has 2 atom stereocenters. The number of likely N-dealkylation sites (N-methyl/N-ethyl adjacent to an activating group) is 1. The molecule has 1 aromatic carbocycles. The second-order valence-corrected chi connectivity index (χ2v) is 5.84. The maximum absolute atomic E-state index is 5.19. The van der Waals surface area contributed by atoms with Gasteiger partial charge in [-0.2, -0.15) is 0 Å². The Morgan fingerprint density at radius 1 is 1.05 bits per heavy atom. The number of benzene rings is 1. The van der Waals surface area contributed by atoms with Gasteiger partial charge in [0.15, 0.2) is 0 Å². The third-order valence-corrected chi connectivity index (χ3v) is 4.02. The van der Waals surface area contributed by atoms with Gasteiger partial charge in [0.1, 0.15) is 5.75 Å². The van der Waals surface area contributed by atoms with E-state index in [1.165, 1.54) is 5.56 Å². The van der Waals surface area contributed by atoms with Gasteiger partial charge < -0.3 is 15.0 Å². The molecule has 0 amide bonds. The first-order valence-corrected chi connectivity index (χ1v) is 8.20. The van der Waals surface area contributed by atoms with Gasteiger partial charge in [-0.15, -0.1) is 0 Å². The molecule has 2 unspecified atom stereocenters. The summed E-state index contributed by atoms with van der Waals surface area (Å²) in [6.07, 6.45) is 2.27. The minimum Gasteiger partial charge on any atom is -0.497 e. The highest BCUT2D eigenvalue weighted by Crippen LogP contribution is 2.13. The van der Waals surface area contributed by atoms with E-state index in [2.05, 4.69) is 50.0 Å². The number of rotatable bonds is 10. The number of hydrogen-bond acceptors (Lipinski definition) is 3. The summed E-state index contributed by atoms with van der Waals surface area (Å²) in [5.74, 6) is 0.928. The zero-order valence-corrected chi connectivity index (χ0v) is 14.4. The fourth-order valence-electron chi connectivity index (χ4n) is 2.67. The van der Waals surface area contributed by atoms with Gasteiger partial charge in [-0.1, -0.05) is 26.0 Å². The van der Waals surface area contributed by atoms with Crippen LogP contribution in [0.25, 0.3) is 0 Å². The average molecular weight is 292 g/mol. The highest BCUT2D eigenvalue weighted by atomic mass is 16.5. The number of methoxy groups -OCH3 is 1. The molecule has 0 aliphatic heterocycles. The van der Waals surface area contributed by atoms with E-state index in [1.54, 1.807) is 7.11 Å². The van der Waals surface area contributed by atoms with Gasteiger partial charge in [0.2, 0.25) is 0 Å². The lowest BCUT2D eigenvalue weighted by Crippen LogP contribution is -2.43. The minimum absolute atomic E-state index is 0.538. The van der Waals surface area contributed by atoms with Crippen molar-refractivity contribution in [2.24, 2.45) is 0 Å². The molecule has 120 valence electrons. The van der Waals surface area contributed by atoms with Gasteiger partial charge in [-0.05, 0) is 57.5 Å². The van der Waals surface area contributed by atoms with Crippen LogP contribution in [0.1, 0.15) is 39.7 Å². The van der Waals surface area contributed by atoms with Crippen molar-refractivity contribution in [2.45, 2.75) is 52.6 Å². The van der Waals surface area contributed by atoms with Crippen LogP contribution < -0.4 is 10.1 Å². The van der Waals surface area contributed by atoms with Gasteiger partial charge in [0.25, 0.3) is 0 Å². The van der Waals surface area contributed by atoms with Gasteiger partial charge >= 0.3 is 0 Å². The molecule has 1 rings (SSSR count). The van der Waals surface area contributed by atoms with Crippen molar-refractivity contribution in [1.29, 1.82) is 0 Å². The SMILES string of the molecule is CCN(CC)CC(C)NC(C)CCc1ccc(OC)cc1. The molecular formula is C18H32N2O. The van der Waals surface area contributed by atoms with Gasteiger partial charge in [-0.3, -0.25) is 0 Å². The molecule has 0 radical (unpaired) electrons. The van der Waals surface area contributed by atoms with Crippen LogP contribution in [0.4, 0.5) is 0 Å². The van der Waals surface area contributed by atoms with E-state index in [1.807, 2.05) is 12.1 Å². The second-order valence-electron chi connectivity index (χ2n) is 5.84. The van der Waals surface area contributed by atoms with Crippen molar-refractivity contribution in [3.8, 4) is 5.75 Å². The molecule has 0 saturated carbocycles. The first-order valence-electron chi connectivity index (χ1n) is 8.20. The van der Waals surface area contributed by atoms with Crippen molar-refractivity contribution in [1.82, 2.24) is 10.2 Å². The standard InChI is InChI=1S/C18H32N2O/c1-6-20(7-2)14-16(4)19-15(3)8-9-17-10-12-18(21-5)13-11-17/h10-13,15-16,19H,6-9,14H2,1-5H3. The van der Waals surface area contributed by atoms with Crippen molar-refractivity contribution in [3.63, 3.8) is 0 Å². The quantitative estimate of drug-likeness (QED) is 0.716. The van der Waals surface area contributed by atoms with Crippen LogP contribution in [0.5, 0.6) is 5.75 Å². The molecule has 0 aliphatic carbocycles. The van der Waals surface area contributed by atoms with E-state index < -0.39 is 0 Å². The Labute approximate surface area is 130 Å². The second kappa shape index (κ2) is 9.80. The van der Waals surface area contributed by atoms with Gasteiger partial charge in [0.05, 0.1) is 7.11 Å². The molecule has 3 nitrogen and oxygen atoms in total. The van der Waals surface area contributed by atoms with E-state index in [0.717, 1.165) is 38.2 Å². The summed E-state index contributed by atoms with van der Waals surface area (Å²) in [7, 11) is 1.71. The van der Waals surface area contributed by atoms with Crippen LogP contribution in [0, 0.1) is 0 Å². The van der Waals surface area contributed by atoms with E-state index in [4.69, 9.17) is 4.74 Å². The Balaban J connectivity index is 2.30. The first kappa shape index (κ1) is 18.0. The van der Waals surface area contributed by atoms with Gasteiger partial charge in [-0.25, -0.2) is 0 Å². The van der Waals surface area contributed by atoms with Crippen molar-refractivity contribution in [2.75, 3.05) is 26.7 Å². The molecule has 0 spiro atoms. The fourth-order valence-corrected chi connectivity index (χ4v) is 2.67. The number of ether oxygens (including phenoxy) is 1. The van der Waals surface area contributed by atoms with Crippen molar-refractivity contribution >= 4 is 0 Å². The minimum atomic E-state index is 0.538. The summed E-state index contributed by atoms with van der Waals surface area (Å²) >= 11 is 0. The largest absolute Gasteiger partial charge is 0.497 e. The first-order chi connectivity index (χ1) is 10.1. The molecule has 1 N–H and O–H groups in total. The van der Waals surface area contributed by atoms with Crippen LogP contribution in [-0.2, 0) is 6.42 Å². The molecule has 0 aliphatic rings. The molecule has 0 aromatic heterocycles. The number of aryl methyl sites for hydroxylation is 1. The highest BCUT2D eigenvalue weighted by molar-refractivity contribution is 5.27. The van der Waals surface area contributed by atoms with E-state index >= 15 is 0 Å². The van der Waals surface area contributed by atoms with Crippen molar-refractivity contribution in [3.05, 3.63) is 29.8 Å². The van der Waals surface area contributed by atoms with E-state index in [9.17, 15) is 0 Å². The summed E-state index contributed by atoms with van der Waals surface area (Å²) in [6, 6.07) is 9.47. The third kappa shape index (κ3) is 6.96. The molecule has 0 saturated heterocycles. The molecule has 3 heteroatoms. The van der Waals surface area contributed by atoms with Gasteiger partial charge in [0, 0.05) is 18.6 Å². The zero-order valence-electron chi connectivity index (χ0n) is 14.4. The lowest BCUT2D eigenvalue weighted by molar-refractivity contribution is 0.261. The Bertz CT molecular complexity index is 373. The van der Waals surface area contributed by atoms with E-state index in [-0.39, 0.29) is 0 Å². The molecule has 0 heterocycles. The molecule has 0 bridgehead atoms. The van der Waals surface area contributed by atoms with Crippen LogP contribution in [0.2, 0.25) is 0 Å². The highest BCUT2D eigenvalue weighted by Gasteiger charge is 2.10. The molecule has 1 aromatic rings. The predicted octanol–water partition coefficient (Wildman–Crippen LogP) is 3.34. The summed E-state index contributed by atoms with van der Waals surface area (Å²) in [6.45, 7) is 12.4. The van der Waals surface area contributed by atoms with Crippen LogP contribution in [0.3, 0.4) is 0 Å². The lowest BCUT2D eigenvalue weighted by atomic mass is 10.1. The van der Waals surface area contributed by atoms with Crippen molar-refractivity contribution < 1.29 is 4.74 Å². The Morgan fingerprint density at radius 3 is 2.19 bits per heavy atom. The average Bonchev–Trinajstić information content (AvgIpc) is 2.51. The smallest absolute Gasteiger partial charge is 0.118 e.